The lowest BCUT2D eigenvalue weighted by Gasteiger charge is -2.17. The fraction of sp³-hybridized carbons (Fsp3) is 0.333. The molecule has 136 valence electrons. The molecule has 4 nitrogen and oxygen atoms in total. The van der Waals surface area contributed by atoms with Crippen molar-refractivity contribution < 1.29 is 14.3 Å². The Morgan fingerprint density at radius 1 is 1.08 bits per heavy atom. The first-order valence-electron chi connectivity index (χ1n) is 8.73. The summed E-state index contributed by atoms with van der Waals surface area (Å²) < 4.78 is 5.57. The number of hydrogen-bond acceptors (Lipinski definition) is 5. The van der Waals surface area contributed by atoms with Crippen molar-refractivity contribution in [3.8, 4) is 5.75 Å². The number of hydrogen-bond donors (Lipinski definition) is 0. The Hall–Kier alpha value is -2.11. The van der Waals surface area contributed by atoms with Crippen molar-refractivity contribution in [2.45, 2.75) is 24.3 Å². The number of ether oxygens (including phenoxy) is 1. The number of fused-ring (bicyclic) bond motifs is 1. The number of Topliss-reactive ketones (excluding diaryl/α,β-unsaturated/α-hetero) is 2. The van der Waals surface area contributed by atoms with Crippen LogP contribution in [-0.2, 0) is 6.54 Å². The first-order chi connectivity index (χ1) is 12.5. The van der Waals surface area contributed by atoms with Gasteiger partial charge in [-0.3, -0.25) is 9.59 Å². The molecule has 0 radical (unpaired) electrons. The van der Waals surface area contributed by atoms with Crippen LogP contribution in [0.4, 0.5) is 0 Å². The second kappa shape index (κ2) is 8.52. The van der Waals surface area contributed by atoms with E-state index in [4.69, 9.17) is 4.74 Å². The van der Waals surface area contributed by atoms with E-state index >= 15 is 0 Å². The van der Waals surface area contributed by atoms with E-state index in [1.807, 2.05) is 55.4 Å². The Bertz CT molecular complexity index is 817. The Kier molecular flexibility index (Phi) is 6.12. The van der Waals surface area contributed by atoms with Crippen molar-refractivity contribution in [1.29, 1.82) is 0 Å². The van der Waals surface area contributed by atoms with Gasteiger partial charge in [-0.1, -0.05) is 24.3 Å². The Morgan fingerprint density at radius 3 is 2.65 bits per heavy atom. The molecule has 5 heteroatoms. The Balaban J connectivity index is 1.65. The van der Waals surface area contributed by atoms with Crippen molar-refractivity contribution in [3.63, 3.8) is 0 Å². The maximum Gasteiger partial charge on any atom is 0.163 e. The Labute approximate surface area is 158 Å². The third-order valence-electron chi connectivity index (χ3n) is 4.25. The predicted molar refractivity (Wildman–Crippen MR) is 104 cm³/mol. The average Bonchev–Trinajstić information content (AvgIpc) is 2.65. The van der Waals surface area contributed by atoms with Gasteiger partial charge in [0, 0.05) is 36.3 Å². The van der Waals surface area contributed by atoms with Gasteiger partial charge in [0.25, 0.3) is 0 Å². The van der Waals surface area contributed by atoms with E-state index in [1.54, 1.807) is 17.8 Å². The lowest BCUT2D eigenvalue weighted by atomic mass is 9.98. The van der Waals surface area contributed by atoms with Crippen LogP contribution in [0, 0.1) is 0 Å². The monoisotopic (exact) mass is 369 g/mol. The lowest BCUT2D eigenvalue weighted by Crippen LogP contribution is -2.15. The highest BCUT2D eigenvalue weighted by Crippen LogP contribution is 2.34. The largest absolute Gasteiger partial charge is 0.492 e. The molecule has 2 aromatic carbocycles. The first-order valence-corrected chi connectivity index (χ1v) is 9.72. The lowest BCUT2D eigenvalue weighted by molar-refractivity contribution is 0.0916. The zero-order chi connectivity index (χ0) is 18.5. The molecule has 0 saturated heterocycles. The number of carbonyl (C=O) groups is 2. The van der Waals surface area contributed by atoms with E-state index in [9.17, 15) is 9.59 Å². The molecule has 0 N–H and O–H groups in total. The van der Waals surface area contributed by atoms with E-state index < -0.39 is 0 Å². The molecular formula is C21H23NO3S. The maximum atomic E-state index is 12.6. The summed E-state index contributed by atoms with van der Waals surface area (Å²) in [6.45, 7) is 1.41. The topological polar surface area (TPSA) is 46.6 Å². The van der Waals surface area contributed by atoms with Crippen molar-refractivity contribution in [3.05, 3.63) is 59.2 Å². The molecule has 1 aliphatic heterocycles. The van der Waals surface area contributed by atoms with E-state index in [1.165, 1.54) is 0 Å². The minimum Gasteiger partial charge on any atom is -0.492 e. The van der Waals surface area contributed by atoms with E-state index in [0.29, 0.717) is 24.3 Å². The molecule has 0 spiro atoms. The van der Waals surface area contributed by atoms with Crippen LogP contribution in [0.3, 0.4) is 0 Å². The smallest absolute Gasteiger partial charge is 0.163 e. The summed E-state index contributed by atoms with van der Waals surface area (Å²) in [6, 6.07) is 13.1. The van der Waals surface area contributed by atoms with Gasteiger partial charge in [-0.05, 0) is 37.9 Å². The number of nitrogens with zero attached hydrogens (tertiary/aromatic N) is 1. The molecule has 0 aliphatic carbocycles. The van der Waals surface area contributed by atoms with Crippen LogP contribution >= 0.6 is 11.8 Å². The summed E-state index contributed by atoms with van der Waals surface area (Å²) >= 11 is 1.70. The van der Waals surface area contributed by atoms with E-state index in [0.717, 1.165) is 22.0 Å². The average molecular weight is 369 g/mol. The van der Waals surface area contributed by atoms with Gasteiger partial charge < -0.3 is 9.64 Å². The van der Waals surface area contributed by atoms with Crippen LogP contribution in [-0.4, -0.2) is 42.9 Å². The van der Waals surface area contributed by atoms with Gasteiger partial charge in [-0.25, -0.2) is 0 Å². The van der Waals surface area contributed by atoms with Gasteiger partial charge in [-0.2, -0.15) is 0 Å². The van der Waals surface area contributed by atoms with Crippen molar-refractivity contribution in [2.75, 3.05) is 26.5 Å². The fourth-order valence-electron chi connectivity index (χ4n) is 2.99. The van der Waals surface area contributed by atoms with Crippen LogP contribution in [0.15, 0.2) is 47.4 Å². The number of carbonyl (C=O) groups excluding carboxylic acids is 2. The molecule has 3 rings (SSSR count). The summed E-state index contributed by atoms with van der Waals surface area (Å²) in [7, 11) is 3.95. The molecule has 0 unspecified atom stereocenters. The van der Waals surface area contributed by atoms with Crippen LogP contribution in [0.2, 0.25) is 0 Å². The highest BCUT2D eigenvalue weighted by Gasteiger charge is 2.17. The zero-order valence-corrected chi connectivity index (χ0v) is 16.0. The van der Waals surface area contributed by atoms with Gasteiger partial charge in [-0.15, -0.1) is 11.8 Å². The summed E-state index contributed by atoms with van der Waals surface area (Å²) in [5.74, 6) is 1.75. The highest BCUT2D eigenvalue weighted by atomic mass is 32.2. The number of ketones is 2. The third kappa shape index (κ3) is 4.54. The molecule has 0 atom stereocenters. The van der Waals surface area contributed by atoms with Gasteiger partial charge in [0.15, 0.2) is 11.6 Å². The minimum absolute atomic E-state index is 0.00239. The molecule has 1 heterocycles. The summed E-state index contributed by atoms with van der Waals surface area (Å²) in [5, 5.41) is 0. The van der Waals surface area contributed by atoms with Crippen molar-refractivity contribution in [2.24, 2.45) is 0 Å². The molecule has 1 aliphatic rings. The maximum absolute atomic E-state index is 12.6. The van der Waals surface area contributed by atoms with Crippen molar-refractivity contribution >= 4 is 23.3 Å². The van der Waals surface area contributed by atoms with Gasteiger partial charge in [0.2, 0.25) is 0 Å². The van der Waals surface area contributed by atoms with Gasteiger partial charge in [0.05, 0.1) is 11.5 Å². The van der Waals surface area contributed by atoms with Crippen molar-refractivity contribution in [1.82, 2.24) is 4.90 Å². The van der Waals surface area contributed by atoms with Gasteiger partial charge in [0.1, 0.15) is 5.75 Å². The normalized spacial score (nSPS) is 13.2. The number of rotatable bonds is 7. The molecule has 0 fully saturated rings. The highest BCUT2D eigenvalue weighted by molar-refractivity contribution is 7.99. The second-order valence-electron chi connectivity index (χ2n) is 6.60. The molecule has 0 aromatic heterocycles. The molecule has 26 heavy (non-hydrogen) atoms. The summed E-state index contributed by atoms with van der Waals surface area (Å²) in [5.41, 5.74) is 2.36. The summed E-state index contributed by atoms with van der Waals surface area (Å²) in [4.78, 5) is 28.2. The minimum atomic E-state index is -0.00239. The zero-order valence-electron chi connectivity index (χ0n) is 15.2. The van der Waals surface area contributed by atoms with Crippen LogP contribution < -0.4 is 4.74 Å². The molecule has 0 bridgehead atoms. The quantitative estimate of drug-likeness (QED) is 0.688. The molecule has 2 aromatic rings. The number of benzene rings is 2. The first kappa shape index (κ1) is 18.7. The molecular weight excluding hydrogens is 346 g/mol. The Morgan fingerprint density at radius 2 is 1.85 bits per heavy atom. The molecule has 0 amide bonds. The molecule has 0 saturated carbocycles. The standard InChI is InChI=1S/C21H23NO3S/c1-22(2)14-16-5-3-4-6-17(16)19(24)9-8-18(23)15-7-10-20-21(13-15)26-12-11-25-20/h3-7,10,13H,8-9,11-12,14H2,1-2H3. The second-order valence-corrected chi connectivity index (χ2v) is 7.74. The summed E-state index contributed by atoms with van der Waals surface area (Å²) in [6.07, 6.45) is 0.448. The SMILES string of the molecule is CN(C)Cc1ccccc1C(=O)CCC(=O)c1ccc2c(c1)SCCO2. The van der Waals surface area contributed by atoms with Crippen LogP contribution in [0.1, 0.15) is 39.1 Å². The number of thioether (sulfide) groups is 1. The third-order valence-corrected chi connectivity index (χ3v) is 5.25. The van der Waals surface area contributed by atoms with Gasteiger partial charge >= 0.3 is 0 Å². The van der Waals surface area contributed by atoms with Crippen LogP contribution in [0.25, 0.3) is 0 Å². The predicted octanol–water partition coefficient (Wildman–Crippen LogP) is 4.08. The van der Waals surface area contributed by atoms with E-state index in [2.05, 4.69) is 0 Å². The van der Waals surface area contributed by atoms with Crippen LogP contribution in [0.5, 0.6) is 5.75 Å². The van der Waals surface area contributed by atoms with E-state index in [-0.39, 0.29) is 24.4 Å². The fourth-order valence-corrected chi connectivity index (χ4v) is 3.86.